The smallest absolute Gasteiger partial charge is 0.319 e. The van der Waals surface area contributed by atoms with Crippen LogP contribution >= 0.6 is 0 Å². The van der Waals surface area contributed by atoms with Crippen molar-refractivity contribution < 1.29 is 14.3 Å². The van der Waals surface area contributed by atoms with Gasteiger partial charge in [-0.1, -0.05) is 30.3 Å². The van der Waals surface area contributed by atoms with Gasteiger partial charge in [0.1, 0.15) is 0 Å². The summed E-state index contributed by atoms with van der Waals surface area (Å²) in [6.45, 7) is 0.452. The quantitative estimate of drug-likeness (QED) is 0.555. The Balaban J connectivity index is 1.52. The van der Waals surface area contributed by atoms with Crippen LogP contribution < -0.4 is 15.0 Å². The van der Waals surface area contributed by atoms with Crippen molar-refractivity contribution in [2.75, 3.05) is 28.3 Å². The Bertz CT molecular complexity index is 1200. The molecule has 2 aromatic carbocycles. The van der Waals surface area contributed by atoms with Crippen molar-refractivity contribution in [3.8, 4) is 11.5 Å². The Labute approximate surface area is 199 Å². The Morgan fingerprint density at radius 2 is 1.76 bits per heavy atom. The molecule has 0 bridgehead atoms. The van der Waals surface area contributed by atoms with Crippen molar-refractivity contribution in [1.29, 1.82) is 0 Å². The molecular weight excluding hydrogens is 432 g/mol. The van der Waals surface area contributed by atoms with E-state index < -0.39 is 0 Å². The second-order valence-electron chi connectivity index (χ2n) is 9.02. The van der Waals surface area contributed by atoms with Crippen LogP contribution in [0.3, 0.4) is 0 Å². The summed E-state index contributed by atoms with van der Waals surface area (Å²) in [5.74, 6) is 1.11. The van der Waals surface area contributed by atoms with Gasteiger partial charge in [-0.2, -0.15) is 0 Å². The third kappa shape index (κ3) is 5.00. The maximum atomic E-state index is 13.2. The maximum Gasteiger partial charge on any atom is 0.319 e. The second-order valence-corrected chi connectivity index (χ2v) is 9.02. The molecule has 180 valence electrons. The van der Waals surface area contributed by atoms with Gasteiger partial charge in [0.2, 0.25) is 0 Å². The molecule has 1 saturated carbocycles. The number of carbonyl (C=O) groups excluding carboxylic acids is 1. The molecule has 3 aromatic rings. The highest BCUT2D eigenvalue weighted by Crippen LogP contribution is 2.34. The molecule has 1 fully saturated rings. The monoisotopic (exact) mass is 464 g/mol. The van der Waals surface area contributed by atoms with E-state index in [-0.39, 0.29) is 23.7 Å². The SMILES string of the molecule is COc1cc2ncn(Cc3ccccc3)c(=O)c2cc1O[C@H]1CC[C@H](N(C)C(=O)N(C)C)CC1. The molecule has 0 atom stereocenters. The number of ether oxygens (including phenoxy) is 2. The van der Waals surface area contributed by atoms with Gasteiger partial charge in [0.15, 0.2) is 11.5 Å². The van der Waals surface area contributed by atoms with Crippen molar-refractivity contribution in [2.24, 2.45) is 0 Å². The zero-order valence-electron chi connectivity index (χ0n) is 20.2. The van der Waals surface area contributed by atoms with Gasteiger partial charge < -0.3 is 19.3 Å². The molecule has 1 aromatic heterocycles. The molecule has 8 nitrogen and oxygen atoms in total. The molecule has 1 aliphatic carbocycles. The average Bonchev–Trinajstić information content (AvgIpc) is 2.86. The van der Waals surface area contributed by atoms with Crippen molar-refractivity contribution in [3.05, 3.63) is 64.7 Å². The van der Waals surface area contributed by atoms with E-state index in [0.717, 1.165) is 31.2 Å². The average molecular weight is 465 g/mol. The van der Waals surface area contributed by atoms with Crippen LogP contribution in [0.25, 0.3) is 10.9 Å². The summed E-state index contributed by atoms with van der Waals surface area (Å²) in [6.07, 6.45) is 4.94. The lowest BCUT2D eigenvalue weighted by molar-refractivity contribution is 0.0990. The Morgan fingerprint density at radius 1 is 1.06 bits per heavy atom. The van der Waals surface area contributed by atoms with Crippen molar-refractivity contribution in [3.63, 3.8) is 0 Å². The van der Waals surface area contributed by atoms with Gasteiger partial charge in [0.25, 0.3) is 5.56 Å². The van der Waals surface area contributed by atoms with Gasteiger partial charge in [-0.25, -0.2) is 9.78 Å². The molecule has 0 unspecified atom stereocenters. The standard InChI is InChI=1S/C26H32N4O4/c1-28(2)26(32)29(3)19-10-12-20(13-11-19)34-24-14-21-22(15-23(24)33-4)27-17-30(25(21)31)16-18-8-6-5-7-9-18/h5-9,14-15,17,19-20H,10-13,16H2,1-4H3/t19-,20-. The summed E-state index contributed by atoms with van der Waals surface area (Å²) in [5, 5.41) is 0.499. The number of benzene rings is 2. The van der Waals surface area contributed by atoms with Gasteiger partial charge in [-0.15, -0.1) is 0 Å². The minimum Gasteiger partial charge on any atom is -0.493 e. The molecule has 0 aliphatic heterocycles. The van der Waals surface area contributed by atoms with Gasteiger partial charge in [-0.05, 0) is 37.3 Å². The highest BCUT2D eigenvalue weighted by Gasteiger charge is 2.28. The summed E-state index contributed by atoms with van der Waals surface area (Å²) in [6, 6.07) is 13.5. The summed E-state index contributed by atoms with van der Waals surface area (Å²) in [7, 11) is 6.97. The molecule has 0 radical (unpaired) electrons. The molecule has 1 heterocycles. The lowest BCUT2D eigenvalue weighted by Crippen LogP contribution is -2.45. The number of fused-ring (bicyclic) bond motifs is 1. The summed E-state index contributed by atoms with van der Waals surface area (Å²) in [5.41, 5.74) is 1.49. The fourth-order valence-electron chi connectivity index (χ4n) is 4.51. The van der Waals surface area contributed by atoms with E-state index in [4.69, 9.17) is 9.47 Å². The molecule has 4 rings (SSSR count). The van der Waals surface area contributed by atoms with E-state index in [0.29, 0.717) is 28.9 Å². The van der Waals surface area contributed by atoms with Gasteiger partial charge in [0.05, 0.1) is 37.0 Å². The number of rotatable bonds is 6. The Morgan fingerprint density at radius 3 is 2.41 bits per heavy atom. The van der Waals surface area contributed by atoms with Crippen molar-refractivity contribution in [1.82, 2.24) is 19.4 Å². The number of amides is 2. The molecule has 34 heavy (non-hydrogen) atoms. The second kappa shape index (κ2) is 10.2. The van der Waals surface area contributed by atoms with Crippen LogP contribution in [0.2, 0.25) is 0 Å². The Kier molecular flexibility index (Phi) is 7.05. The summed E-state index contributed by atoms with van der Waals surface area (Å²) < 4.78 is 13.5. The minimum atomic E-state index is -0.117. The third-order valence-electron chi connectivity index (χ3n) is 6.47. The van der Waals surface area contributed by atoms with Crippen molar-refractivity contribution in [2.45, 2.75) is 44.4 Å². The zero-order valence-corrected chi connectivity index (χ0v) is 20.2. The fourth-order valence-corrected chi connectivity index (χ4v) is 4.51. The van der Waals surface area contributed by atoms with Gasteiger partial charge >= 0.3 is 6.03 Å². The number of aromatic nitrogens is 2. The first kappa shape index (κ1) is 23.6. The van der Waals surface area contributed by atoms with Crippen LogP contribution in [0.15, 0.2) is 53.6 Å². The number of nitrogens with zero attached hydrogens (tertiary/aromatic N) is 4. The van der Waals surface area contributed by atoms with Crippen LogP contribution in [0.1, 0.15) is 31.2 Å². The maximum absolute atomic E-state index is 13.2. The van der Waals surface area contributed by atoms with Crippen LogP contribution in [0.5, 0.6) is 11.5 Å². The van der Waals surface area contributed by atoms with Gasteiger partial charge in [0, 0.05) is 33.3 Å². The Hall–Kier alpha value is -3.55. The predicted octanol–water partition coefficient (Wildman–Crippen LogP) is 3.76. The fraction of sp³-hybridized carbons (Fsp3) is 0.423. The number of urea groups is 1. The molecule has 0 N–H and O–H groups in total. The van der Waals surface area contributed by atoms with E-state index in [1.807, 2.05) is 42.3 Å². The number of methoxy groups -OCH3 is 1. The van der Waals surface area contributed by atoms with Crippen molar-refractivity contribution >= 4 is 16.9 Å². The molecule has 1 aliphatic rings. The minimum absolute atomic E-state index is 0.00586. The molecule has 0 saturated heterocycles. The number of hydrogen-bond acceptors (Lipinski definition) is 5. The zero-order chi connectivity index (χ0) is 24.2. The van der Waals surface area contributed by atoms with E-state index in [1.165, 1.54) is 0 Å². The normalized spacial score (nSPS) is 17.9. The number of carbonyl (C=O) groups is 1. The van der Waals surface area contributed by atoms with Crippen LogP contribution in [0, 0.1) is 0 Å². The van der Waals surface area contributed by atoms with E-state index in [2.05, 4.69) is 4.98 Å². The van der Waals surface area contributed by atoms with E-state index in [9.17, 15) is 9.59 Å². The van der Waals surface area contributed by atoms with E-state index >= 15 is 0 Å². The van der Waals surface area contributed by atoms with Crippen LogP contribution in [-0.4, -0.2) is 65.8 Å². The van der Waals surface area contributed by atoms with Gasteiger partial charge in [-0.3, -0.25) is 9.36 Å². The molecule has 2 amide bonds. The largest absolute Gasteiger partial charge is 0.493 e. The predicted molar refractivity (Wildman–Crippen MR) is 132 cm³/mol. The first-order chi connectivity index (χ1) is 16.4. The first-order valence-corrected chi connectivity index (χ1v) is 11.6. The molecule has 0 spiro atoms. The third-order valence-corrected chi connectivity index (χ3v) is 6.47. The highest BCUT2D eigenvalue weighted by atomic mass is 16.5. The van der Waals surface area contributed by atoms with Crippen LogP contribution in [-0.2, 0) is 6.54 Å². The topological polar surface area (TPSA) is 76.9 Å². The lowest BCUT2D eigenvalue weighted by Gasteiger charge is -2.36. The number of hydrogen-bond donors (Lipinski definition) is 0. The first-order valence-electron chi connectivity index (χ1n) is 11.6. The molecular formula is C26H32N4O4. The lowest BCUT2D eigenvalue weighted by atomic mass is 9.92. The molecule has 8 heteroatoms. The highest BCUT2D eigenvalue weighted by molar-refractivity contribution is 5.81. The summed E-state index contributed by atoms with van der Waals surface area (Å²) in [4.78, 5) is 33.4. The summed E-state index contributed by atoms with van der Waals surface area (Å²) >= 11 is 0. The van der Waals surface area contributed by atoms with E-state index in [1.54, 1.807) is 49.1 Å². The van der Waals surface area contributed by atoms with Crippen LogP contribution in [0.4, 0.5) is 4.79 Å².